The third-order valence-corrected chi connectivity index (χ3v) is 4.38. The summed E-state index contributed by atoms with van der Waals surface area (Å²) in [5.74, 6) is 0. The maximum atomic E-state index is 10.8. The van der Waals surface area contributed by atoms with Crippen LogP contribution in [0, 0.1) is 16.7 Å². The van der Waals surface area contributed by atoms with Gasteiger partial charge >= 0.3 is 0 Å². The molecule has 0 bridgehead atoms. The van der Waals surface area contributed by atoms with Crippen molar-refractivity contribution in [3.63, 3.8) is 0 Å². The molecule has 0 atom stereocenters. The van der Waals surface area contributed by atoms with Crippen LogP contribution < -0.4 is 0 Å². The standard InChI is InChI=1S/C13H21NO2/c14-11-12(5-3-1-2-4-6-12)13(15)7-9-16-10-8-13/h15H,1-10H2. The lowest BCUT2D eigenvalue weighted by Gasteiger charge is -2.44. The molecule has 0 radical (unpaired) electrons. The van der Waals surface area contributed by atoms with E-state index in [4.69, 9.17) is 4.74 Å². The van der Waals surface area contributed by atoms with Crippen molar-refractivity contribution in [1.82, 2.24) is 0 Å². The Hall–Kier alpha value is -0.590. The number of nitriles is 1. The van der Waals surface area contributed by atoms with Crippen LogP contribution in [-0.2, 0) is 4.74 Å². The molecule has 0 amide bonds. The SMILES string of the molecule is N#CC1(C2(O)CCOCC2)CCCCCC1. The summed E-state index contributed by atoms with van der Waals surface area (Å²) in [5.41, 5.74) is -1.31. The number of rotatable bonds is 1. The van der Waals surface area contributed by atoms with E-state index in [-0.39, 0.29) is 0 Å². The number of nitrogens with zero attached hydrogens (tertiary/aromatic N) is 1. The average Bonchev–Trinajstić information content (AvgIpc) is 2.56. The van der Waals surface area contributed by atoms with E-state index in [1.54, 1.807) is 0 Å². The second-order valence-corrected chi connectivity index (χ2v) is 5.25. The van der Waals surface area contributed by atoms with Crippen molar-refractivity contribution in [3.05, 3.63) is 0 Å². The Labute approximate surface area is 97.4 Å². The first-order valence-electron chi connectivity index (χ1n) is 6.44. The summed E-state index contributed by atoms with van der Waals surface area (Å²) >= 11 is 0. The zero-order valence-corrected chi connectivity index (χ0v) is 9.87. The molecular weight excluding hydrogens is 202 g/mol. The van der Waals surface area contributed by atoms with Crippen molar-refractivity contribution in [1.29, 1.82) is 5.26 Å². The van der Waals surface area contributed by atoms with E-state index in [1.165, 1.54) is 12.8 Å². The molecule has 1 aliphatic heterocycles. The molecular formula is C13H21NO2. The van der Waals surface area contributed by atoms with Crippen LogP contribution >= 0.6 is 0 Å². The summed E-state index contributed by atoms with van der Waals surface area (Å²) in [7, 11) is 0. The van der Waals surface area contributed by atoms with Crippen molar-refractivity contribution >= 4 is 0 Å². The summed E-state index contributed by atoms with van der Waals surface area (Å²) in [6.07, 6.45) is 7.54. The molecule has 2 fully saturated rings. The number of hydrogen-bond acceptors (Lipinski definition) is 3. The fraction of sp³-hybridized carbons (Fsp3) is 0.923. The molecule has 3 heteroatoms. The van der Waals surface area contributed by atoms with Gasteiger partial charge in [0.1, 0.15) is 0 Å². The van der Waals surface area contributed by atoms with Gasteiger partial charge in [-0.2, -0.15) is 5.26 Å². The molecule has 0 aromatic rings. The topological polar surface area (TPSA) is 53.2 Å². The first-order chi connectivity index (χ1) is 7.72. The van der Waals surface area contributed by atoms with Crippen LogP contribution in [0.5, 0.6) is 0 Å². The molecule has 0 unspecified atom stereocenters. The molecule has 2 aliphatic rings. The number of aliphatic hydroxyl groups is 1. The molecule has 2 rings (SSSR count). The normalized spacial score (nSPS) is 29.0. The van der Waals surface area contributed by atoms with E-state index < -0.39 is 11.0 Å². The largest absolute Gasteiger partial charge is 0.388 e. The zero-order valence-electron chi connectivity index (χ0n) is 9.87. The summed E-state index contributed by atoms with van der Waals surface area (Å²) in [6, 6.07) is 2.46. The molecule has 1 saturated carbocycles. The van der Waals surface area contributed by atoms with Gasteiger partial charge in [-0.15, -0.1) is 0 Å². The van der Waals surface area contributed by atoms with Crippen molar-refractivity contribution in [2.45, 2.75) is 57.0 Å². The van der Waals surface area contributed by atoms with E-state index in [0.717, 1.165) is 25.7 Å². The van der Waals surface area contributed by atoms with Gasteiger partial charge in [-0.05, 0) is 12.8 Å². The highest BCUT2D eigenvalue weighted by molar-refractivity contribution is 5.12. The van der Waals surface area contributed by atoms with Gasteiger partial charge < -0.3 is 9.84 Å². The highest BCUT2D eigenvalue weighted by Crippen LogP contribution is 2.47. The van der Waals surface area contributed by atoms with Crippen molar-refractivity contribution in [3.8, 4) is 6.07 Å². The molecule has 16 heavy (non-hydrogen) atoms. The first kappa shape index (κ1) is 11.9. The fourth-order valence-electron chi connectivity index (χ4n) is 3.20. The number of hydrogen-bond donors (Lipinski definition) is 1. The molecule has 1 saturated heterocycles. The Morgan fingerprint density at radius 1 is 0.938 bits per heavy atom. The highest BCUT2D eigenvalue weighted by atomic mass is 16.5. The van der Waals surface area contributed by atoms with Crippen LogP contribution in [0.1, 0.15) is 51.4 Å². The van der Waals surface area contributed by atoms with Crippen LogP contribution in [-0.4, -0.2) is 23.9 Å². The first-order valence-corrected chi connectivity index (χ1v) is 6.44. The highest BCUT2D eigenvalue weighted by Gasteiger charge is 2.50. The maximum Gasteiger partial charge on any atom is 0.0877 e. The van der Waals surface area contributed by atoms with E-state index >= 15 is 0 Å². The molecule has 0 aromatic carbocycles. The molecule has 1 N–H and O–H groups in total. The molecule has 0 spiro atoms. The summed E-state index contributed by atoms with van der Waals surface area (Å²) in [6.45, 7) is 1.19. The van der Waals surface area contributed by atoms with Gasteiger partial charge in [-0.1, -0.05) is 25.7 Å². The Morgan fingerprint density at radius 3 is 2.00 bits per heavy atom. The quantitative estimate of drug-likeness (QED) is 0.694. The van der Waals surface area contributed by atoms with Gasteiger partial charge in [0, 0.05) is 26.1 Å². The smallest absolute Gasteiger partial charge is 0.0877 e. The van der Waals surface area contributed by atoms with E-state index in [2.05, 4.69) is 6.07 Å². The van der Waals surface area contributed by atoms with E-state index in [9.17, 15) is 10.4 Å². The van der Waals surface area contributed by atoms with Crippen molar-refractivity contribution < 1.29 is 9.84 Å². The molecule has 90 valence electrons. The molecule has 0 aromatic heterocycles. The Morgan fingerprint density at radius 2 is 1.50 bits per heavy atom. The van der Waals surface area contributed by atoms with Gasteiger partial charge in [0.15, 0.2) is 0 Å². The van der Waals surface area contributed by atoms with E-state index in [0.29, 0.717) is 26.1 Å². The van der Waals surface area contributed by atoms with Crippen molar-refractivity contribution in [2.75, 3.05) is 13.2 Å². The van der Waals surface area contributed by atoms with Crippen LogP contribution in [0.4, 0.5) is 0 Å². The van der Waals surface area contributed by atoms with Gasteiger partial charge in [0.25, 0.3) is 0 Å². The zero-order chi connectivity index (χ0) is 11.5. The molecule has 1 heterocycles. The van der Waals surface area contributed by atoms with Crippen molar-refractivity contribution in [2.24, 2.45) is 5.41 Å². The fourth-order valence-corrected chi connectivity index (χ4v) is 3.20. The lowest BCUT2D eigenvalue weighted by atomic mass is 9.64. The molecule has 1 aliphatic carbocycles. The second-order valence-electron chi connectivity index (χ2n) is 5.25. The summed E-state index contributed by atoms with van der Waals surface area (Å²) < 4.78 is 5.31. The second kappa shape index (κ2) is 4.73. The van der Waals surface area contributed by atoms with Crippen LogP contribution in [0.15, 0.2) is 0 Å². The predicted molar refractivity (Wildman–Crippen MR) is 60.8 cm³/mol. The minimum atomic E-state index is -0.801. The third kappa shape index (κ3) is 1.97. The summed E-state index contributed by atoms with van der Waals surface area (Å²) in [5, 5.41) is 20.3. The Kier molecular flexibility index (Phi) is 3.51. The Bertz CT molecular complexity index is 268. The minimum absolute atomic E-state index is 0.507. The average molecular weight is 223 g/mol. The number of ether oxygens (including phenoxy) is 1. The van der Waals surface area contributed by atoms with E-state index in [1.807, 2.05) is 0 Å². The van der Waals surface area contributed by atoms with Gasteiger partial charge in [-0.3, -0.25) is 0 Å². The predicted octanol–water partition coefficient (Wildman–Crippen LogP) is 2.39. The minimum Gasteiger partial charge on any atom is -0.388 e. The van der Waals surface area contributed by atoms with Crippen LogP contribution in [0.25, 0.3) is 0 Å². The lowest BCUT2D eigenvalue weighted by molar-refractivity contribution is -0.128. The lowest BCUT2D eigenvalue weighted by Crippen LogP contribution is -2.51. The third-order valence-electron chi connectivity index (χ3n) is 4.38. The van der Waals surface area contributed by atoms with Gasteiger partial charge in [-0.25, -0.2) is 0 Å². The van der Waals surface area contributed by atoms with Gasteiger partial charge in [0.2, 0.25) is 0 Å². The van der Waals surface area contributed by atoms with Crippen LogP contribution in [0.3, 0.4) is 0 Å². The maximum absolute atomic E-state index is 10.8. The molecule has 3 nitrogen and oxygen atoms in total. The van der Waals surface area contributed by atoms with Gasteiger partial charge in [0.05, 0.1) is 17.1 Å². The Balaban J connectivity index is 2.21. The van der Waals surface area contributed by atoms with Crippen LogP contribution in [0.2, 0.25) is 0 Å². The monoisotopic (exact) mass is 223 g/mol. The summed E-state index contributed by atoms with van der Waals surface area (Å²) in [4.78, 5) is 0.